The zero-order valence-electron chi connectivity index (χ0n) is 27.6. The first-order chi connectivity index (χ1) is 21.4. The van der Waals surface area contributed by atoms with Gasteiger partial charge in [-0.1, -0.05) is 65.0 Å². The van der Waals surface area contributed by atoms with Crippen LogP contribution in [-0.2, 0) is 35.4 Å². The highest BCUT2D eigenvalue weighted by atomic mass is 32.2. The van der Waals surface area contributed by atoms with Crippen molar-refractivity contribution in [2.24, 2.45) is 23.2 Å². The number of Topliss-reactive ketones (excluding diaryl/α,β-unsaturated/α-hetero) is 4. The Bertz CT molecular complexity index is 1720. The van der Waals surface area contributed by atoms with Crippen molar-refractivity contribution in [3.63, 3.8) is 0 Å². The first kappa shape index (κ1) is 36.4. The minimum absolute atomic E-state index is 0.0666. The summed E-state index contributed by atoms with van der Waals surface area (Å²) in [5, 5.41) is 3.47. The van der Waals surface area contributed by atoms with Crippen molar-refractivity contribution in [1.29, 1.82) is 0 Å². The number of nitrogens with one attached hydrogen (secondary N) is 1. The van der Waals surface area contributed by atoms with Gasteiger partial charge in [0.15, 0.2) is 27.2 Å². The summed E-state index contributed by atoms with van der Waals surface area (Å²) in [5.41, 5.74) is 1.27. The van der Waals surface area contributed by atoms with Gasteiger partial charge >= 0.3 is 0 Å². The average Bonchev–Trinajstić information content (AvgIpc) is 2.99. The maximum atomic E-state index is 13.5. The molecule has 0 aliphatic heterocycles. The lowest BCUT2D eigenvalue weighted by Gasteiger charge is -2.30. The third-order valence-corrected chi connectivity index (χ3v) is 9.50. The third kappa shape index (κ3) is 9.48. The normalized spacial score (nSPS) is 14.0. The summed E-state index contributed by atoms with van der Waals surface area (Å²) in [4.78, 5) is 70.7. The molecule has 1 N–H and O–H groups in total. The maximum Gasteiger partial charge on any atom is 0.224 e. The summed E-state index contributed by atoms with van der Waals surface area (Å²) >= 11 is 0. The standard InChI is InChI=1S/C36H44N2O7S/c1-22(2)28(34(42)31(39)17-14-24-12-15-25(16-13-24)46(7,44)45)20-32(40)23(3)38-35(43)29(36(4,5)6)21-33(41)27-18-19-37-30-11-9-8-10-26(27)30/h8-13,15-16,18-19,22-23,28-29H,14,17,20-21H2,1-7H3,(H,38,43)/t23-,28-,29+/m0/s1. The van der Waals surface area contributed by atoms with Crippen LogP contribution < -0.4 is 5.32 Å². The van der Waals surface area contributed by atoms with E-state index >= 15 is 0 Å². The van der Waals surface area contributed by atoms with E-state index in [1.54, 1.807) is 45.2 Å². The van der Waals surface area contributed by atoms with Gasteiger partial charge in [0.05, 0.1) is 22.4 Å². The molecule has 0 fully saturated rings. The second kappa shape index (κ2) is 15.0. The van der Waals surface area contributed by atoms with Crippen molar-refractivity contribution >= 4 is 49.8 Å². The summed E-state index contributed by atoms with van der Waals surface area (Å²) in [7, 11) is -3.34. The lowest BCUT2D eigenvalue weighted by atomic mass is 9.76. The molecule has 3 atom stereocenters. The molecule has 9 nitrogen and oxygen atoms in total. The van der Waals surface area contributed by atoms with E-state index in [0.717, 1.165) is 6.26 Å². The number of aromatic nitrogens is 1. The Morgan fingerprint density at radius 1 is 0.870 bits per heavy atom. The Balaban J connectivity index is 1.64. The monoisotopic (exact) mass is 648 g/mol. The molecule has 0 bridgehead atoms. The van der Waals surface area contributed by atoms with Crippen molar-refractivity contribution in [2.75, 3.05) is 6.26 Å². The molecule has 3 rings (SSSR count). The number of hydrogen-bond acceptors (Lipinski definition) is 8. The van der Waals surface area contributed by atoms with Crippen molar-refractivity contribution in [2.45, 2.75) is 78.2 Å². The van der Waals surface area contributed by atoms with Crippen molar-refractivity contribution in [3.8, 4) is 0 Å². The van der Waals surface area contributed by atoms with Crippen molar-refractivity contribution in [1.82, 2.24) is 10.3 Å². The molecule has 0 saturated heterocycles. The molecule has 2 aromatic carbocycles. The van der Waals surface area contributed by atoms with Crippen LogP contribution in [0.25, 0.3) is 10.9 Å². The average molecular weight is 649 g/mol. The molecule has 46 heavy (non-hydrogen) atoms. The van der Waals surface area contributed by atoms with Crippen molar-refractivity contribution < 1.29 is 32.4 Å². The molecule has 10 heteroatoms. The number of aryl methyl sites for hydroxylation is 1. The van der Waals surface area contributed by atoms with E-state index in [1.807, 2.05) is 45.0 Å². The molecule has 0 saturated carbocycles. The molecule has 1 amide bonds. The first-order valence-electron chi connectivity index (χ1n) is 15.5. The predicted molar refractivity (Wildman–Crippen MR) is 177 cm³/mol. The van der Waals surface area contributed by atoms with Crippen LogP contribution >= 0.6 is 0 Å². The van der Waals surface area contributed by atoms with E-state index in [1.165, 1.54) is 12.1 Å². The Hall–Kier alpha value is -4.05. The van der Waals surface area contributed by atoms with E-state index < -0.39 is 50.6 Å². The van der Waals surface area contributed by atoms with Crippen LogP contribution in [0, 0.1) is 23.2 Å². The zero-order valence-corrected chi connectivity index (χ0v) is 28.4. The van der Waals surface area contributed by atoms with Gasteiger partial charge in [-0.3, -0.25) is 29.0 Å². The van der Waals surface area contributed by atoms with Crippen LogP contribution in [-0.4, -0.2) is 54.7 Å². The van der Waals surface area contributed by atoms with Crippen LogP contribution in [0.15, 0.2) is 65.7 Å². The number of sulfone groups is 1. The maximum absolute atomic E-state index is 13.5. The second-order valence-corrected chi connectivity index (χ2v) is 15.4. The van der Waals surface area contributed by atoms with Crippen LogP contribution in [0.2, 0.25) is 0 Å². The van der Waals surface area contributed by atoms with Crippen molar-refractivity contribution in [3.05, 3.63) is 71.9 Å². The predicted octanol–water partition coefficient (Wildman–Crippen LogP) is 5.38. The highest BCUT2D eigenvalue weighted by Crippen LogP contribution is 2.31. The molecule has 0 unspecified atom stereocenters. The Morgan fingerprint density at radius 3 is 2.09 bits per heavy atom. The highest BCUT2D eigenvalue weighted by molar-refractivity contribution is 7.90. The van der Waals surface area contributed by atoms with Gasteiger partial charge in [0.2, 0.25) is 11.7 Å². The minimum Gasteiger partial charge on any atom is -0.346 e. The van der Waals surface area contributed by atoms with E-state index in [0.29, 0.717) is 22.0 Å². The minimum atomic E-state index is -3.34. The number of benzene rings is 2. The summed E-state index contributed by atoms with van der Waals surface area (Å²) in [5.74, 6) is -4.17. The largest absolute Gasteiger partial charge is 0.346 e. The fraction of sp³-hybridized carbons (Fsp3) is 0.444. The summed E-state index contributed by atoms with van der Waals surface area (Å²) in [6.45, 7) is 10.7. The molecule has 0 radical (unpaired) electrons. The second-order valence-electron chi connectivity index (χ2n) is 13.4. The first-order valence-corrected chi connectivity index (χ1v) is 17.3. The van der Waals surface area contributed by atoms with Gasteiger partial charge in [-0.25, -0.2) is 8.42 Å². The number of para-hydroxylation sites is 1. The van der Waals surface area contributed by atoms with E-state index in [9.17, 15) is 32.4 Å². The number of pyridine rings is 1. The summed E-state index contributed by atoms with van der Waals surface area (Å²) in [6, 6.07) is 14.2. The molecular weight excluding hydrogens is 604 g/mol. The molecule has 1 aromatic heterocycles. The van der Waals surface area contributed by atoms with Gasteiger partial charge in [-0.15, -0.1) is 0 Å². The number of amides is 1. The molecule has 0 aliphatic carbocycles. The number of carbonyl (C=O) groups excluding carboxylic acids is 5. The number of carbonyl (C=O) groups is 5. The quantitative estimate of drug-likeness (QED) is 0.171. The van der Waals surface area contributed by atoms with Crippen LogP contribution in [0.5, 0.6) is 0 Å². The zero-order chi connectivity index (χ0) is 34.4. The third-order valence-electron chi connectivity index (χ3n) is 8.37. The lowest BCUT2D eigenvalue weighted by molar-refractivity contribution is -0.141. The number of rotatable bonds is 15. The van der Waals surface area contributed by atoms with Crippen LogP contribution in [0.4, 0.5) is 0 Å². The van der Waals surface area contributed by atoms with E-state index in [-0.39, 0.29) is 48.1 Å². The molecule has 246 valence electrons. The van der Waals surface area contributed by atoms with Gasteiger partial charge in [0, 0.05) is 48.6 Å². The SMILES string of the molecule is CC(C)[C@H](CC(=O)[C@H](C)NC(=O)[C@@H](CC(=O)c1ccnc2ccccc12)C(C)(C)C)C(=O)C(=O)CCc1ccc(S(C)(=O)=O)cc1. The Kier molecular flexibility index (Phi) is 11.9. The lowest BCUT2D eigenvalue weighted by Crippen LogP contribution is -2.46. The van der Waals surface area contributed by atoms with Crippen LogP contribution in [0.1, 0.15) is 76.7 Å². The fourth-order valence-corrected chi connectivity index (χ4v) is 5.97. The molecular formula is C36H44N2O7S. The van der Waals surface area contributed by atoms with Gasteiger partial charge in [-0.05, 0) is 54.5 Å². The number of hydrogen-bond donors (Lipinski definition) is 1. The van der Waals surface area contributed by atoms with Gasteiger partial charge in [-0.2, -0.15) is 0 Å². The van der Waals surface area contributed by atoms with Gasteiger partial charge in [0.1, 0.15) is 0 Å². The van der Waals surface area contributed by atoms with Gasteiger partial charge < -0.3 is 5.32 Å². The van der Waals surface area contributed by atoms with Gasteiger partial charge in [0.25, 0.3) is 0 Å². The Morgan fingerprint density at radius 2 is 1.50 bits per heavy atom. The highest BCUT2D eigenvalue weighted by Gasteiger charge is 2.36. The smallest absolute Gasteiger partial charge is 0.224 e. The number of ketones is 4. The topological polar surface area (TPSA) is 144 Å². The molecule has 3 aromatic rings. The Labute approximate surface area is 271 Å². The number of fused-ring (bicyclic) bond motifs is 1. The van der Waals surface area contributed by atoms with Crippen LogP contribution in [0.3, 0.4) is 0 Å². The number of nitrogens with zero attached hydrogens (tertiary/aromatic N) is 1. The molecule has 0 aliphatic rings. The molecule has 0 spiro atoms. The molecule has 1 heterocycles. The van der Waals surface area contributed by atoms with E-state index in [2.05, 4.69) is 10.3 Å². The fourth-order valence-electron chi connectivity index (χ4n) is 5.34. The summed E-state index contributed by atoms with van der Waals surface area (Å²) in [6.07, 6.45) is 2.58. The summed E-state index contributed by atoms with van der Waals surface area (Å²) < 4.78 is 23.4. The van der Waals surface area contributed by atoms with E-state index in [4.69, 9.17) is 0 Å².